The summed E-state index contributed by atoms with van der Waals surface area (Å²) in [5, 5.41) is 5.23. The lowest BCUT2D eigenvalue weighted by Gasteiger charge is -2.22. The lowest BCUT2D eigenvalue weighted by Crippen LogP contribution is -2.53. The van der Waals surface area contributed by atoms with Crippen LogP contribution >= 0.6 is 15.9 Å². The van der Waals surface area contributed by atoms with Gasteiger partial charge in [-0.25, -0.2) is 9.18 Å². The molecule has 0 aromatic heterocycles. The molecule has 29 heavy (non-hydrogen) atoms. The average molecular weight is 465 g/mol. The first-order valence-electron chi connectivity index (χ1n) is 8.92. The van der Waals surface area contributed by atoms with Gasteiger partial charge in [0.15, 0.2) is 0 Å². The van der Waals surface area contributed by atoms with Gasteiger partial charge in [-0.15, -0.1) is 0 Å². The molecule has 0 spiro atoms. The number of amides is 2. The first-order chi connectivity index (χ1) is 13.8. The van der Waals surface area contributed by atoms with E-state index in [0.717, 1.165) is 10.0 Å². The van der Waals surface area contributed by atoms with Crippen LogP contribution in [0.4, 0.5) is 4.39 Å². The third kappa shape index (κ3) is 7.30. The van der Waals surface area contributed by atoms with Crippen molar-refractivity contribution < 1.29 is 23.5 Å². The molecule has 0 saturated heterocycles. The van der Waals surface area contributed by atoms with Crippen molar-refractivity contribution in [3.05, 3.63) is 69.9 Å². The van der Waals surface area contributed by atoms with Gasteiger partial charge in [0.2, 0.25) is 11.8 Å². The van der Waals surface area contributed by atoms with E-state index in [1.165, 1.54) is 38.3 Å². The maximum absolute atomic E-state index is 13.1. The molecule has 0 radical (unpaired) electrons. The lowest BCUT2D eigenvalue weighted by atomic mass is 10.0. The van der Waals surface area contributed by atoms with Crippen LogP contribution in [0.25, 0.3) is 0 Å². The van der Waals surface area contributed by atoms with Crippen LogP contribution in [0.1, 0.15) is 18.1 Å². The van der Waals surface area contributed by atoms with E-state index in [1.54, 1.807) is 0 Å². The maximum atomic E-state index is 13.1. The number of hydrogen-bond donors (Lipinski definition) is 2. The molecule has 2 rings (SSSR count). The summed E-state index contributed by atoms with van der Waals surface area (Å²) in [5.41, 5.74) is 1.49. The van der Waals surface area contributed by atoms with Crippen molar-refractivity contribution >= 4 is 33.7 Å². The van der Waals surface area contributed by atoms with Gasteiger partial charge in [0, 0.05) is 24.2 Å². The molecule has 2 N–H and O–H groups in total. The fraction of sp³-hybridized carbons (Fsp3) is 0.286. The Morgan fingerprint density at radius 2 is 1.66 bits per heavy atom. The summed E-state index contributed by atoms with van der Waals surface area (Å²) in [5.74, 6) is -1.92. The van der Waals surface area contributed by atoms with E-state index in [9.17, 15) is 18.8 Å². The summed E-state index contributed by atoms with van der Waals surface area (Å²) in [6.45, 7) is 1.30. The fourth-order valence-electron chi connectivity index (χ4n) is 2.82. The zero-order valence-corrected chi connectivity index (χ0v) is 17.7. The number of benzene rings is 2. The van der Waals surface area contributed by atoms with E-state index in [1.807, 2.05) is 24.3 Å². The molecule has 0 saturated carbocycles. The minimum atomic E-state index is -0.925. The average Bonchev–Trinajstić information content (AvgIpc) is 2.67. The molecule has 6 nitrogen and oxygen atoms in total. The van der Waals surface area contributed by atoms with Crippen LogP contribution in [0.15, 0.2) is 53.0 Å². The van der Waals surface area contributed by atoms with Crippen molar-refractivity contribution in [1.82, 2.24) is 10.6 Å². The molecule has 2 atom stereocenters. The largest absolute Gasteiger partial charge is 0.467 e. The van der Waals surface area contributed by atoms with E-state index in [2.05, 4.69) is 26.6 Å². The topological polar surface area (TPSA) is 84.5 Å². The van der Waals surface area contributed by atoms with Crippen molar-refractivity contribution in [2.24, 2.45) is 0 Å². The number of rotatable bonds is 8. The Bertz CT molecular complexity index is 873. The molecule has 2 aromatic carbocycles. The smallest absolute Gasteiger partial charge is 0.328 e. The molecule has 8 heteroatoms. The minimum Gasteiger partial charge on any atom is -0.467 e. The zero-order chi connectivity index (χ0) is 21.4. The number of halogens is 2. The Hall–Kier alpha value is -2.74. The Morgan fingerprint density at radius 3 is 2.24 bits per heavy atom. The summed E-state index contributed by atoms with van der Waals surface area (Å²) in [4.78, 5) is 36.6. The highest BCUT2D eigenvalue weighted by atomic mass is 79.9. The Balaban J connectivity index is 2.16. The first-order valence-corrected chi connectivity index (χ1v) is 9.72. The van der Waals surface area contributed by atoms with E-state index < -0.39 is 35.7 Å². The third-order valence-electron chi connectivity index (χ3n) is 4.18. The Labute approximate surface area is 177 Å². The van der Waals surface area contributed by atoms with Crippen LogP contribution in [0.5, 0.6) is 0 Å². The molecule has 2 aromatic rings. The highest BCUT2D eigenvalue weighted by molar-refractivity contribution is 9.10. The van der Waals surface area contributed by atoms with Gasteiger partial charge in [-0.2, -0.15) is 0 Å². The number of hydrogen-bond acceptors (Lipinski definition) is 4. The van der Waals surface area contributed by atoms with Gasteiger partial charge in [0.05, 0.1) is 7.11 Å². The second-order valence-corrected chi connectivity index (χ2v) is 7.42. The number of esters is 1. The molecule has 0 aliphatic heterocycles. The van der Waals surface area contributed by atoms with Gasteiger partial charge in [-0.1, -0.05) is 40.2 Å². The van der Waals surface area contributed by atoms with E-state index in [4.69, 9.17) is 4.74 Å². The molecule has 154 valence electrons. The first kappa shape index (κ1) is 22.5. The van der Waals surface area contributed by atoms with Crippen molar-refractivity contribution in [2.75, 3.05) is 7.11 Å². The predicted molar refractivity (Wildman–Crippen MR) is 110 cm³/mol. The molecule has 0 fully saturated rings. The number of carbonyl (C=O) groups is 3. The van der Waals surface area contributed by atoms with E-state index in [0.29, 0.717) is 5.56 Å². The van der Waals surface area contributed by atoms with Gasteiger partial charge in [-0.05, 0) is 35.4 Å². The number of carbonyl (C=O) groups excluding carboxylic acids is 3. The van der Waals surface area contributed by atoms with Crippen molar-refractivity contribution in [2.45, 2.75) is 31.8 Å². The quantitative estimate of drug-likeness (QED) is 0.587. The fourth-order valence-corrected chi connectivity index (χ4v) is 3.26. The predicted octanol–water partition coefficient (Wildman–Crippen LogP) is 2.54. The van der Waals surface area contributed by atoms with Gasteiger partial charge in [0.25, 0.3) is 0 Å². The molecule has 2 amide bonds. The monoisotopic (exact) mass is 464 g/mol. The summed E-state index contributed by atoms with van der Waals surface area (Å²) in [6, 6.07) is 11.1. The van der Waals surface area contributed by atoms with Crippen LogP contribution in [-0.4, -0.2) is 37.0 Å². The van der Waals surface area contributed by atoms with Crippen LogP contribution in [-0.2, 0) is 32.0 Å². The van der Waals surface area contributed by atoms with E-state index in [-0.39, 0.29) is 12.8 Å². The summed E-state index contributed by atoms with van der Waals surface area (Å²) < 4.78 is 18.8. The molecule has 0 bridgehead atoms. The molecular weight excluding hydrogens is 443 g/mol. The van der Waals surface area contributed by atoms with Gasteiger partial charge in [-0.3, -0.25) is 9.59 Å². The highest BCUT2D eigenvalue weighted by Gasteiger charge is 2.27. The molecule has 0 unspecified atom stereocenters. The summed E-state index contributed by atoms with van der Waals surface area (Å²) in [7, 11) is 1.24. The van der Waals surface area contributed by atoms with Crippen LogP contribution in [0.2, 0.25) is 0 Å². The second-order valence-electron chi connectivity index (χ2n) is 6.50. The third-order valence-corrected chi connectivity index (χ3v) is 4.67. The van der Waals surface area contributed by atoms with Crippen molar-refractivity contribution in [3.8, 4) is 0 Å². The normalized spacial score (nSPS) is 12.6. The van der Waals surface area contributed by atoms with Crippen LogP contribution in [0, 0.1) is 5.82 Å². The minimum absolute atomic E-state index is 0.149. The van der Waals surface area contributed by atoms with Crippen molar-refractivity contribution in [1.29, 1.82) is 0 Å². The number of ether oxygens (including phenoxy) is 1. The summed E-state index contributed by atoms with van der Waals surface area (Å²) in [6.07, 6.45) is 0.373. The molecule has 0 heterocycles. The standard InChI is InChI=1S/C21H22BrFN2O4/c1-13(26)24-18(11-14-6-8-17(23)9-7-14)20(27)25-19(21(28)29-2)12-15-4-3-5-16(22)10-15/h3-10,18-19H,11-12H2,1-2H3,(H,24,26)(H,25,27)/t18-,19+/m0/s1. The van der Waals surface area contributed by atoms with Gasteiger partial charge < -0.3 is 15.4 Å². The lowest BCUT2D eigenvalue weighted by molar-refractivity contribution is -0.145. The van der Waals surface area contributed by atoms with Gasteiger partial charge in [0.1, 0.15) is 17.9 Å². The van der Waals surface area contributed by atoms with Crippen LogP contribution in [0.3, 0.4) is 0 Å². The second kappa shape index (κ2) is 10.7. The van der Waals surface area contributed by atoms with Crippen LogP contribution < -0.4 is 10.6 Å². The number of nitrogens with one attached hydrogen (secondary N) is 2. The molecular formula is C21H22BrFN2O4. The van der Waals surface area contributed by atoms with E-state index >= 15 is 0 Å². The summed E-state index contributed by atoms with van der Waals surface area (Å²) >= 11 is 3.37. The maximum Gasteiger partial charge on any atom is 0.328 e. The molecule has 0 aliphatic rings. The van der Waals surface area contributed by atoms with Gasteiger partial charge >= 0.3 is 5.97 Å². The Morgan fingerprint density at radius 1 is 1.00 bits per heavy atom. The SMILES string of the molecule is COC(=O)[C@@H](Cc1cccc(Br)c1)NC(=O)[C@H](Cc1ccc(F)cc1)NC(C)=O. The molecule has 0 aliphatic carbocycles. The zero-order valence-electron chi connectivity index (χ0n) is 16.1. The highest BCUT2D eigenvalue weighted by Crippen LogP contribution is 2.14. The Kier molecular flexibility index (Phi) is 8.33. The van der Waals surface area contributed by atoms with Crippen molar-refractivity contribution in [3.63, 3.8) is 0 Å². The number of methoxy groups -OCH3 is 1.